The highest BCUT2D eigenvalue weighted by Crippen LogP contribution is 2.28. The van der Waals surface area contributed by atoms with Crippen LogP contribution in [-0.2, 0) is 4.79 Å². The van der Waals surface area contributed by atoms with Crippen molar-refractivity contribution in [2.75, 3.05) is 44.4 Å². The van der Waals surface area contributed by atoms with Crippen molar-refractivity contribution in [2.45, 2.75) is 20.3 Å². The number of nitrogens with one attached hydrogen (secondary N) is 3. The van der Waals surface area contributed by atoms with Crippen molar-refractivity contribution in [1.82, 2.24) is 24.8 Å². The van der Waals surface area contributed by atoms with Gasteiger partial charge >= 0.3 is 0 Å². The van der Waals surface area contributed by atoms with Crippen molar-refractivity contribution in [3.63, 3.8) is 0 Å². The van der Waals surface area contributed by atoms with Gasteiger partial charge < -0.3 is 25.6 Å². The summed E-state index contributed by atoms with van der Waals surface area (Å²) in [5.41, 5.74) is 1.39. The SMILES string of the molecule is CCCN(C)C(=O)CNC(=O)c1cnn2c(NC)cc(Nc3ccccc3OCC)nc12. The van der Waals surface area contributed by atoms with Gasteiger partial charge in [0.25, 0.3) is 5.91 Å². The first-order valence-corrected chi connectivity index (χ1v) is 10.6. The Morgan fingerprint density at radius 2 is 2.00 bits per heavy atom. The number of hydrogen-bond donors (Lipinski definition) is 3. The van der Waals surface area contributed by atoms with Crippen LogP contribution in [0.1, 0.15) is 30.6 Å². The van der Waals surface area contributed by atoms with Gasteiger partial charge in [-0.15, -0.1) is 0 Å². The molecule has 0 aliphatic rings. The maximum Gasteiger partial charge on any atom is 0.257 e. The van der Waals surface area contributed by atoms with E-state index in [2.05, 4.69) is 26.0 Å². The van der Waals surface area contributed by atoms with E-state index in [4.69, 9.17) is 4.74 Å². The lowest BCUT2D eigenvalue weighted by Crippen LogP contribution is -2.38. The second kappa shape index (κ2) is 10.5. The molecule has 0 bridgehead atoms. The molecule has 0 aliphatic heterocycles. The molecule has 3 aromatic rings. The van der Waals surface area contributed by atoms with E-state index in [9.17, 15) is 9.59 Å². The number of ether oxygens (including phenoxy) is 1. The minimum Gasteiger partial charge on any atom is -0.492 e. The molecule has 0 spiro atoms. The molecule has 0 radical (unpaired) electrons. The molecule has 2 amide bonds. The average molecular weight is 440 g/mol. The van der Waals surface area contributed by atoms with Crippen LogP contribution in [0, 0.1) is 0 Å². The zero-order valence-corrected chi connectivity index (χ0v) is 18.8. The topological polar surface area (TPSA) is 113 Å². The van der Waals surface area contributed by atoms with Crippen LogP contribution in [0.4, 0.5) is 17.3 Å². The maximum absolute atomic E-state index is 12.8. The maximum atomic E-state index is 12.8. The number of carbonyl (C=O) groups excluding carboxylic acids is 2. The predicted octanol–water partition coefficient (Wildman–Crippen LogP) is 2.51. The van der Waals surface area contributed by atoms with Crippen LogP contribution < -0.4 is 20.7 Å². The largest absolute Gasteiger partial charge is 0.492 e. The minimum atomic E-state index is -0.417. The summed E-state index contributed by atoms with van der Waals surface area (Å²) in [5.74, 6) is 1.28. The van der Waals surface area contributed by atoms with E-state index < -0.39 is 5.91 Å². The van der Waals surface area contributed by atoms with Gasteiger partial charge in [-0.1, -0.05) is 19.1 Å². The van der Waals surface area contributed by atoms with Crippen molar-refractivity contribution in [3.8, 4) is 5.75 Å². The lowest BCUT2D eigenvalue weighted by Gasteiger charge is -2.16. The van der Waals surface area contributed by atoms with E-state index in [0.717, 1.165) is 12.1 Å². The molecule has 0 unspecified atom stereocenters. The van der Waals surface area contributed by atoms with Crippen LogP contribution in [0.3, 0.4) is 0 Å². The number of anilines is 3. The molecule has 0 saturated heterocycles. The Bertz CT molecular complexity index is 1100. The fraction of sp³-hybridized carbons (Fsp3) is 0.364. The molecule has 2 heterocycles. The van der Waals surface area contributed by atoms with Crippen LogP contribution in [-0.4, -0.2) is 65.1 Å². The van der Waals surface area contributed by atoms with Crippen molar-refractivity contribution in [1.29, 1.82) is 0 Å². The number of benzene rings is 1. The highest BCUT2D eigenvalue weighted by molar-refractivity contribution is 6.01. The first kappa shape index (κ1) is 22.9. The summed E-state index contributed by atoms with van der Waals surface area (Å²) in [6.07, 6.45) is 2.29. The van der Waals surface area contributed by atoms with Crippen LogP contribution >= 0.6 is 0 Å². The van der Waals surface area contributed by atoms with Crippen LogP contribution in [0.25, 0.3) is 5.65 Å². The Morgan fingerprint density at radius 1 is 1.22 bits per heavy atom. The van der Waals surface area contributed by atoms with Gasteiger partial charge in [-0.25, -0.2) is 4.98 Å². The predicted molar refractivity (Wildman–Crippen MR) is 124 cm³/mol. The highest BCUT2D eigenvalue weighted by Gasteiger charge is 2.19. The molecule has 10 nitrogen and oxygen atoms in total. The molecule has 0 atom stereocenters. The minimum absolute atomic E-state index is 0.0920. The Labute approximate surface area is 187 Å². The zero-order chi connectivity index (χ0) is 23.1. The monoisotopic (exact) mass is 439 g/mol. The molecule has 2 aromatic heterocycles. The Balaban J connectivity index is 1.87. The number of aromatic nitrogens is 3. The van der Waals surface area contributed by atoms with Crippen molar-refractivity contribution < 1.29 is 14.3 Å². The second-order valence-electron chi connectivity index (χ2n) is 7.12. The van der Waals surface area contributed by atoms with Gasteiger partial charge in [0, 0.05) is 26.7 Å². The van der Waals surface area contributed by atoms with Crippen LogP contribution in [0.15, 0.2) is 36.5 Å². The lowest BCUT2D eigenvalue weighted by molar-refractivity contribution is -0.128. The lowest BCUT2D eigenvalue weighted by atomic mass is 10.3. The molecule has 32 heavy (non-hydrogen) atoms. The third kappa shape index (κ3) is 5.08. The molecule has 170 valence electrons. The summed E-state index contributed by atoms with van der Waals surface area (Å²) >= 11 is 0. The van der Waals surface area contributed by atoms with E-state index >= 15 is 0 Å². The zero-order valence-electron chi connectivity index (χ0n) is 18.8. The number of rotatable bonds is 10. The fourth-order valence-corrected chi connectivity index (χ4v) is 3.20. The third-order valence-corrected chi connectivity index (χ3v) is 4.81. The van der Waals surface area contributed by atoms with Crippen molar-refractivity contribution in [2.24, 2.45) is 0 Å². The Hall–Kier alpha value is -3.82. The number of para-hydroxylation sites is 2. The number of nitrogens with zero attached hydrogens (tertiary/aromatic N) is 4. The highest BCUT2D eigenvalue weighted by atomic mass is 16.5. The van der Waals surface area contributed by atoms with Crippen molar-refractivity contribution in [3.05, 3.63) is 42.1 Å². The number of hydrogen-bond acceptors (Lipinski definition) is 7. The molecule has 0 aliphatic carbocycles. The molecule has 10 heteroatoms. The fourth-order valence-electron chi connectivity index (χ4n) is 3.20. The van der Waals surface area contributed by atoms with E-state index in [0.29, 0.717) is 36.2 Å². The van der Waals surface area contributed by atoms with Gasteiger partial charge in [-0.05, 0) is 25.5 Å². The van der Waals surface area contributed by atoms with Gasteiger partial charge in [0.1, 0.15) is 22.9 Å². The van der Waals surface area contributed by atoms with E-state index in [-0.39, 0.29) is 18.0 Å². The molecule has 3 N–H and O–H groups in total. The third-order valence-electron chi connectivity index (χ3n) is 4.81. The number of fused-ring (bicyclic) bond motifs is 1. The van der Waals surface area contributed by atoms with Crippen LogP contribution in [0.2, 0.25) is 0 Å². The van der Waals surface area contributed by atoms with Crippen molar-refractivity contribution >= 4 is 34.8 Å². The first-order valence-electron chi connectivity index (χ1n) is 10.6. The second-order valence-corrected chi connectivity index (χ2v) is 7.12. The summed E-state index contributed by atoms with van der Waals surface area (Å²) in [7, 11) is 3.47. The summed E-state index contributed by atoms with van der Waals surface area (Å²) in [6.45, 7) is 4.99. The summed E-state index contributed by atoms with van der Waals surface area (Å²) in [6, 6.07) is 9.33. The van der Waals surface area contributed by atoms with E-state index in [1.165, 1.54) is 6.20 Å². The molecule has 0 fully saturated rings. The molecular weight excluding hydrogens is 410 g/mol. The Kier molecular flexibility index (Phi) is 7.48. The first-order chi connectivity index (χ1) is 15.5. The summed E-state index contributed by atoms with van der Waals surface area (Å²) in [5, 5.41) is 13.3. The normalized spacial score (nSPS) is 10.6. The smallest absolute Gasteiger partial charge is 0.257 e. The summed E-state index contributed by atoms with van der Waals surface area (Å²) in [4.78, 5) is 31.1. The quantitative estimate of drug-likeness (QED) is 0.445. The molecule has 1 aromatic carbocycles. The Morgan fingerprint density at radius 3 is 2.72 bits per heavy atom. The number of likely N-dealkylation sites (N-methyl/N-ethyl adjacent to an activating group) is 1. The van der Waals surface area contributed by atoms with Gasteiger partial charge in [0.15, 0.2) is 5.65 Å². The molecule has 0 saturated carbocycles. The summed E-state index contributed by atoms with van der Waals surface area (Å²) < 4.78 is 7.21. The van der Waals surface area contributed by atoms with Gasteiger partial charge in [-0.3, -0.25) is 9.59 Å². The standard InChI is InChI=1S/C22H29N7O3/c1-5-11-28(4)20(30)14-24-22(31)15-13-25-29-19(23-3)12-18(27-21(15)29)26-16-9-7-8-10-17(16)32-6-2/h7-10,12-13,23H,5-6,11,14H2,1-4H3,(H,24,31)(H,26,27). The number of carbonyl (C=O) groups is 2. The van der Waals surface area contributed by atoms with E-state index in [1.807, 2.05) is 38.1 Å². The van der Waals surface area contributed by atoms with Gasteiger partial charge in [0.05, 0.1) is 25.0 Å². The number of amides is 2. The van der Waals surface area contributed by atoms with Gasteiger partial charge in [0.2, 0.25) is 5.91 Å². The average Bonchev–Trinajstić information content (AvgIpc) is 3.22. The van der Waals surface area contributed by atoms with E-state index in [1.54, 1.807) is 29.6 Å². The molecular formula is C22H29N7O3. The van der Waals surface area contributed by atoms with Gasteiger partial charge in [-0.2, -0.15) is 9.61 Å². The molecule has 3 rings (SSSR count). The van der Waals surface area contributed by atoms with Crippen LogP contribution in [0.5, 0.6) is 5.75 Å².